The first-order chi connectivity index (χ1) is 10.3. The number of aromatic nitrogens is 2. The third-order valence-corrected chi connectivity index (χ3v) is 3.94. The average molecular weight is 284 g/mol. The number of ether oxygens (including phenoxy) is 1. The van der Waals surface area contributed by atoms with Crippen molar-refractivity contribution in [3.05, 3.63) is 46.0 Å². The Bertz CT molecular complexity index is 741. The highest BCUT2D eigenvalue weighted by Gasteiger charge is 2.25. The van der Waals surface area contributed by atoms with Gasteiger partial charge in [-0.25, -0.2) is 4.79 Å². The van der Waals surface area contributed by atoms with Crippen molar-refractivity contribution in [2.75, 3.05) is 24.6 Å². The number of fused-ring (bicyclic) bond motifs is 2. The summed E-state index contributed by atoms with van der Waals surface area (Å²) in [5, 5.41) is 3.34. The van der Waals surface area contributed by atoms with Gasteiger partial charge in [0, 0.05) is 30.8 Å². The zero-order valence-corrected chi connectivity index (χ0v) is 11.6. The summed E-state index contributed by atoms with van der Waals surface area (Å²) in [6.45, 7) is 2.90. The lowest BCUT2D eigenvalue weighted by atomic mass is 10.1. The van der Waals surface area contributed by atoms with E-state index in [1.165, 1.54) is 0 Å². The summed E-state index contributed by atoms with van der Waals surface area (Å²) in [6, 6.07) is 7.86. The van der Waals surface area contributed by atoms with E-state index in [4.69, 9.17) is 4.74 Å². The molecule has 108 valence electrons. The van der Waals surface area contributed by atoms with Gasteiger partial charge in [-0.05, 0) is 12.1 Å². The third kappa shape index (κ3) is 2.08. The number of para-hydroxylation sites is 2. The highest BCUT2D eigenvalue weighted by molar-refractivity contribution is 5.70. The van der Waals surface area contributed by atoms with Crippen LogP contribution in [0, 0.1) is 0 Å². The van der Waals surface area contributed by atoms with Gasteiger partial charge in [-0.15, -0.1) is 0 Å². The molecule has 0 saturated carbocycles. The molecule has 0 fully saturated rings. The molecule has 4 rings (SSSR count). The molecular weight excluding hydrogens is 268 g/mol. The number of benzene rings is 1. The van der Waals surface area contributed by atoms with Crippen LogP contribution < -0.4 is 20.6 Å². The lowest BCUT2D eigenvalue weighted by Gasteiger charge is -2.32. The van der Waals surface area contributed by atoms with Gasteiger partial charge in [-0.3, -0.25) is 0 Å². The van der Waals surface area contributed by atoms with Crippen molar-refractivity contribution in [3.8, 4) is 5.75 Å². The Morgan fingerprint density at radius 3 is 3.14 bits per heavy atom. The minimum absolute atomic E-state index is 0.283. The fourth-order valence-electron chi connectivity index (χ4n) is 2.97. The van der Waals surface area contributed by atoms with Gasteiger partial charge in [-0.1, -0.05) is 12.1 Å². The van der Waals surface area contributed by atoms with Gasteiger partial charge in [-0.2, -0.15) is 4.98 Å². The second-order valence-electron chi connectivity index (χ2n) is 5.22. The van der Waals surface area contributed by atoms with Crippen molar-refractivity contribution >= 4 is 11.5 Å². The molecule has 0 saturated heterocycles. The molecule has 0 aliphatic carbocycles. The van der Waals surface area contributed by atoms with Crippen LogP contribution in [0.25, 0.3) is 0 Å². The average Bonchev–Trinajstić information content (AvgIpc) is 2.53. The zero-order valence-electron chi connectivity index (χ0n) is 11.6. The Labute approximate surface area is 121 Å². The Morgan fingerprint density at radius 2 is 2.19 bits per heavy atom. The number of nitrogens with zero attached hydrogens (tertiary/aromatic N) is 2. The molecule has 0 unspecified atom stereocenters. The van der Waals surface area contributed by atoms with Crippen molar-refractivity contribution in [2.24, 2.45) is 0 Å². The van der Waals surface area contributed by atoms with Gasteiger partial charge in [0.2, 0.25) is 0 Å². The van der Waals surface area contributed by atoms with E-state index in [1.807, 2.05) is 24.3 Å². The summed E-state index contributed by atoms with van der Waals surface area (Å²) in [4.78, 5) is 21.1. The summed E-state index contributed by atoms with van der Waals surface area (Å²) >= 11 is 0. The van der Waals surface area contributed by atoms with Gasteiger partial charge in [0.15, 0.2) is 0 Å². The molecule has 3 heterocycles. The van der Waals surface area contributed by atoms with Crippen molar-refractivity contribution in [3.63, 3.8) is 0 Å². The summed E-state index contributed by atoms with van der Waals surface area (Å²) in [5.74, 6) is 1.58. The fraction of sp³-hybridized carbons (Fsp3) is 0.333. The maximum absolute atomic E-state index is 11.9. The molecule has 2 aliphatic rings. The van der Waals surface area contributed by atoms with Gasteiger partial charge < -0.3 is 19.9 Å². The number of hydrogen-bond donors (Lipinski definition) is 2. The maximum atomic E-state index is 11.9. The Balaban J connectivity index is 1.88. The second kappa shape index (κ2) is 4.89. The first kappa shape index (κ1) is 12.4. The summed E-state index contributed by atoms with van der Waals surface area (Å²) in [6.07, 6.45) is 0.825. The molecule has 1 aromatic heterocycles. The number of rotatable bonds is 1. The molecule has 0 bridgehead atoms. The Hall–Kier alpha value is -2.34. The summed E-state index contributed by atoms with van der Waals surface area (Å²) < 4.78 is 5.68. The first-order valence-electron chi connectivity index (χ1n) is 7.15. The van der Waals surface area contributed by atoms with Gasteiger partial charge in [0.1, 0.15) is 18.2 Å². The van der Waals surface area contributed by atoms with Crippen molar-refractivity contribution in [2.45, 2.75) is 13.0 Å². The molecule has 1 aromatic carbocycles. The van der Waals surface area contributed by atoms with Gasteiger partial charge in [0.05, 0.1) is 12.2 Å². The largest absolute Gasteiger partial charge is 0.490 e. The van der Waals surface area contributed by atoms with Crippen molar-refractivity contribution in [1.82, 2.24) is 15.3 Å². The molecule has 0 radical (unpaired) electrons. The van der Waals surface area contributed by atoms with E-state index < -0.39 is 0 Å². The molecule has 6 heteroatoms. The molecule has 2 aliphatic heterocycles. The lowest BCUT2D eigenvalue weighted by molar-refractivity contribution is 0.313. The number of nitrogens with one attached hydrogen (secondary N) is 2. The molecule has 6 nitrogen and oxygen atoms in total. The van der Waals surface area contributed by atoms with E-state index in [-0.39, 0.29) is 5.69 Å². The molecule has 0 atom stereocenters. The van der Waals surface area contributed by atoms with Crippen LogP contribution in [-0.2, 0) is 13.0 Å². The van der Waals surface area contributed by atoms with E-state index in [1.54, 1.807) is 0 Å². The zero-order chi connectivity index (χ0) is 14.2. The predicted molar refractivity (Wildman–Crippen MR) is 79.2 cm³/mol. The SMILES string of the molecule is O=c1nc(N2CCOc3ccccc32)c2c([nH]1)CCNC2. The first-order valence-corrected chi connectivity index (χ1v) is 7.15. The summed E-state index contributed by atoms with van der Waals surface area (Å²) in [7, 11) is 0. The summed E-state index contributed by atoms with van der Waals surface area (Å²) in [5.41, 5.74) is 2.76. The van der Waals surface area contributed by atoms with E-state index in [0.29, 0.717) is 13.2 Å². The van der Waals surface area contributed by atoms with Crippen LogP contribution in [0.5, 0.6) is 5.75 Å². The topological polar surface area (TPSA) is 70.2 Å². The van der Waals surface area contributed by atoms with Crippen LogP contribution in [0.2, 0.25) is 0 Å². The third-order valence-electron chi connectivity index (χ3n) is 3.94. The van der Waals surface area contributed by atoms with Crippen molar-refractivity contribution < 1.29 is 4.74 Å². The second-order valence-corrected chi connectivity index (χ2v) is 5.22. The highest BCUT2D eigenvalue weighted by Crippen LogP contribution is 2.37. The lowest BCUT2D eigenvalue weighted by Crippen LogP contribution is -2.35. The van der Waals surface area contributed by atoms with E-state index in [9.17, 15) is 4.79 Å². The minimum atomic E-state index is -0.283. The van der Waals surface area contributed by atoms with Crippen LogP contribution in [0.4, 0.5) is 11.5 Å². The minimum Gasteiger partial charge on any atom is -0.490 e. The van der Waals surface area contributed by atoms with Crippen LogP contribution in [0.1, 0.15) is 11.3 Å². The smallest absolute Gasteiger partial charge is 0.347 e. The maximum Gasteiger partial charge on any atom is 0.347 e. The number of H-pyrrole nitrogens is 1. The molecular formula is C15H16N4O2. The Kier molecular flexibility index (Phi) is 2.89. The van der Waals surface area contributed by atoms with Crippen LogP contribution in [0.15, 0.2) is 29.1 Å². The predicted octanol–water partition coefficient (Wildman–Crippen LogP) is 0.946. The van der Waals surface area contributed by atoms with Gasteiger partial charge >= 0.3 is 5.69 Å². The molecule has 2 aromatic rings. The molecule has 2 N–H and O–H groups in total. The normalized spacial score (nSPS) is 16.9. The van der Waals surface area contributed by atoms with E-state index in [0.717, 1.165) is 48.0 Å². The van der Waals surface area contributed by atoms with Crippen LogP contribution in [0.3, 0.4) is 0 Å². The van der Waals surface area contributed by atoms with E-state index in [2.05, 4.69) is 20.2 Å². The van der Waals surface area contributed by atoms with Crippen LogP contribution in [-0.4, -0.2) is 29.7 Å². The number of anilines is 2. The van der Waals surface area contributed by atoms with Gasteiger partial charge in [0.25, 0.3) is 0 Å². The Morgan fingerprint density at radius 1 is 1.29 bits per heavy atom. The fourth-order valence-corrected chi connectivity index (χ4v) is 2.97. The monoisotopic (exact) mass is 284 g/mol. The quantitative estimate of drug-likeness (QED) is 0.816. The molecule has 0 spiro atoms. The standard InChI is InChI=1S/C15H16N4O2/c20-15-17-11-5-6-16-9-10(11)14(18-15)19-7-8-21-13-4-2-1-3-12(13)19/h1-4,16H,5-9H2,(H,17,18,20). The molecule has 0 amide bonds. The number of hydrogen-bond acceptors (Lipinski definition) is 5. The highest BCUT2D eigenvalue weighted by atomic mass is 16.5. The molecule has 21 heavy (non-hydrogen) atoms. The van der Waals surface area contributed by atoms with Crippen molar-refractivity contribution in [1.29, 1.82) is 0 Å². The van der Waals surface area contributed by atoms with E-state index >= 15 is 0 Å². The van der Waals surface area contributed by atoms with Crippen LogP contribution >= 0.6 is 0 Å². The number of aromatic amines is 1.